The van der Waals surface area contributed by atoms with Gasteiger partial charge in [-0.3, -0.25) is 9.78 Å². The highest BCUT2D eigenvalue weighted by molar-refractivity contribution is 7.80. The Kier molecular flexibility index (Phi) is 7.43. The average molecular weight is 532 g/mol. The van der Waals surface area contributed by atoms with Crippen LogP contribution in [0.4, 0.5) is 11.4 Å². The molecule has 1 aliphatic heterocycles. The first kappa shape index (κ1) is 26.2. The molecule has 1 amide bonds. The van der Waals surface area contributed by atoms with Gasteiger partial charge < -0.3 is 24.8 Å². The van der Waals surface area contributed by atoms with Crippen LogP contribution in [0.1, 0.15) is 82.4 Å². The molecule has 0 bridgehead atoms. The van der Waals surface area contributed by atoms with Crippen LogP contribution in [-0.4, -0.2) is 27.7 Å². The van der Waals surface area contributed by atoms with E-state index in [0.717, 1.165) is 11.4 Å². The Balaban J connectivity index is 1.56. The van der Waals surface area contributed by atoms with Crippen LogP contribution in [0.3, 0.4) is 0 Å². The molecule has 2 fully saturated rings. The quantitative estimate of drug-likeness (QED) is 0.351. The van der Waals surface area contributed by atoms with Gasteiger partial charge in [0.25, 0.3) is 0 Å². The number of nitrogens with one attached hydrogen (secondary N) is 2. The van der Waals surface area contributed by atoms with Gasteiger partial charge in [-0.15, -0.1) is 0 Å². The largest absolute Gasteiger partial charge is 0.494 e. The first-order chi connectivity index (χ1) is 18.3. The number of aromatic nitrogens is 2. The van der Waals surface area contributed by atoms with Crippen LogP contribution in [0.5, 0.6) is 5.75 Å². The molecule has 38 heavy (non-hydrogen) atoms. The normalized spacial score (nSPS) is 20.3. The fraction of sp³-hybridized carbons (Fsp3) is 0.433. The van der Waals surface area contributed by atoms with E-state index >= 15 is 0 Å². The maximum atomic E-state index is 12.7. The Hall–Kier alpha value is -3.39. The molecule has 7 nitrogen and oxygen atoms in total. The van der Waals surface area contributed by atoms with E-state index in [4.69, 9.17) is 21.9 Å². The van der Waals surface area contributed by atoms with E-state index in [1.807, 2.05) is 57.3 Å². The molecular weight excluding hydrogens is 494 g/mol. The van der Waals surface area contributed by atoms with Gasteiger partial charge in [0.15, 0.2) is 5.11 Å². The van der Waals surface area contributed by atoms with Crippen molar-refractivity contribution < 1.29 is 9.53 Å². The number of benzene rings is 1. The number of carbonyl (C=O) groups excluding carboxylic acids is 1. The number of amides is 1. The third kappa shape index (κ3) is 5.14. The predicted octanol–water partition coefficient (Wildman–Crippen LogP) is 6.56. The van der Waals surface area contributed by atoms with Crippen LogP contribution in [0.25, 0.3) is 0 Å². The van der Waals surface area contributed by atoms with E-state index in [9.17, 15) is 4.79 Å². The monoisotopic (exact) mass is 531 g/mol. The van der Waals surface area contributed by atoms with Crippen LogP contribution in [-0.2, 0) is 4.79 Å². The van der Waals surface area contributed by atoms with Crippen LogP contribution >= 0.6 is 12.2 Å². The number of rotatable bonds is 6. The Labute approximate surface area is 230 Å². The summed E-state index contributed by atoms with van der Waals surface area (Å²) < 4.78 is 8.18. The number of anilines is 2. The summed E-state index contributed by atoms with van der Waals surface area (Å²) in [5.41, 5.74) is 3.17. The van der Waals surface area contributed by atoms with Crippen LogP contribution < -0.4 is 20.3 Å². The second kappa shape index (κ2) is 10.8. The highest BCUT2D eigenvalue weighted by Gasteiger charge is 2.42. The second-order valence-corrected chi connectivity index (χ2v) is 11.6. The summed E-state index contributed by atoms with van der Waals surface area (Å²) in [6.07, 6.45) is 10.3. The lowest BCUT2D eigenvalue weighted by molar-refractivity contribution is -0.123. The molecular formula is C30H37N5O2S. The fourth-order valence-electron chi connectivity index (χ4n) is 5.53. The van der Waals surface area contributed by atoms with E-state index in [0.29, 0.717) is 22.6 Å². The molecule has 1 saturated heterocycles. The molecule has 200 valence electrons. The van der Waals surface area contributed by atoms with Crippen molar-refractivity contribution in [2.75, 3.05) is 17.3 Å². The zero-order chi connectivity index (χ0) is 26.9. The standard InChI is InChI=1S/C30H37N5O2S/c1-30(2,3)28(36)32-22-16-15-21(19-25(22)37-4)35-27(26(33-29(35)38)23-13-8-9-17-31-23)24-14-10-18-34(24)20-11-6-5-7-12-20/h8-10,13-20,26-27H,5-7,11-12H2,1-4H3,(H,32,36)(H,33,38)/t26-,27+/m0/s1. The van der Waals surface area contributed by atoms with Gasteiger partial charge in [-0.25, -0.2) is 0 Å². The Morgan fingerprint density at radius 1 is 1.11 bits per heavy atom. The molecule has 1 saturated carbocycles. The maximum Gasteiger partial charge on any atom is 0.229 e. The van der Waals surface area contributed by atoms with Crippen molar-refractivity contribution in [1.29, 1.82) is 0 Å². The summed E-state index contributed by atoms with van der Waals surface area (Å²) in [7, 11) is 1.62. The Bertz CT molecular complexity index is 1290. The van der Waals surface area contributed by atoms with Crippen molar-refractivity contribution in [1.82, 2.24) is 14.9 Å². The molecule has 0 radical (unpaired) electrons. The van der Waals surface area contributed by atoms with Crippen LogP contribution in [0.15, 0.2) is 60.9 Å². The van der Waals surface area contributed by atoms with E-state index < -0.39 is 5.41 Å². The molecule has 5 rings (SSSR count). The van der Waals surface area contributed by atoms with Gasteiger partial charge in [0.2, 0.25) is 5.91 Å². The van der Waals surface area contributed by atoms with Gasteiger partial charge in [-0.2, -0.15) is 0 Å². The second-order valence-electron chi connectivity index (χ2n) is 11.2. The lowest BCUT2D eigenvalue weighted by atomic mass is 9.94. The number of ether oxygens (including phenoxy) is 1. The summed E-state index contributed by atoms with van der Waals surface area (Å²) in [6, 6.07) is 16.5. The molecule has 2 aliphatic rings. The predicted molar refractivity (Wildman–Crippen MR) is 156 cm³/mol. The first-order valence-corrected chi connectivity index (χ1v) is 13.9. The first-order valence-electron chi connectivity index (χ1n) is 13.4. The molecule has 2 N–H and O–H groups in total. The lowest BCUT2D eigenvalue weighted by Gasteiger charge is -2.32. The smallest absolute Gasteiger partial charge is 0.229 e. The van der Waals surface area contributed by atoms with Gasteiger partial charge in [0.1, 0.15) is 11.8 Å². The van der Waals surface area contributed by atoms with Crippen LogP contribution in [0, 0.1) is 5.41 Å². The number of nitrogens with zero attached hydrogens (tertiary/aromatic N) is 3. The van der Waals surface area contributed by atoms with E-state index in [1.54, 1.807) is 7.11 Å². The Morgan fingerprint density at radius 2 is 1.89 bits per heavy atom. The van der Waals surface area contributed by atoms with Gasteiger partial charge in [0.05, 0.1) is 24.5 Å². The summed E-state index contributed by atoms with van der Waals surface area (Å²) in [6.45, 7) is 5.67. The SMILES string of the molecule is COc1cc(N2C(=S)N[C@@H](c3ccccn3)[C@H]2c2cccn2C2CCCCC2)ccc1NC(=O)C(C)(C)C. The topological polar surface area (TPSA) is 71.4 Å². The third-order valence-corrected chi connectivity index (χ3v) is 7.89. The van der Waals surface area contributed by atoms with Gasteiger partial charge >= 0.3 is 0 Å². The molecule has 2 aromatic heterocycles. The summed E-state index contributed by atoms with van der Waals surface area (Å²) >= 11 is 5.95. The summed E-state index contributed by atoms with van der Waals surface area (Å²) in [5.74, 6) is 0.519. The number of pyridine rings is 1. The van der Waals surface area contributed by atoms with Crippen molar-refractivity contribution in [2.45, 2.75) is 71.0 Å². The van der Waals surface area contributed by atoms with Gasteiger partial charge in [-0.1, -0.05) is 46.1 Å². The highest BCUT2D eigenvalue weighted by Crippen LogP contribution is 2.45. The molecule has 0 spiro atoms. The van der Waals surface area contributed by atoms with Crippen molar-refractivity contribution in [2.24, 2.45) is 5.41 Å². The molecule has 3 aromatic rings. The fourth-order valence-corrected chi connectivity index (χ4v) is 5.87. The van der Waals surface area contributed by atoms with E-state index in [2.05, 4.69) is 44.5 Å². The zero-order valence-corrected chi connectivity index (χ0v) is 23.4. The van der Waals surface area contributed by atoms with Gasteiger partial charge in [0, 0.05) is 41.3 Å². The molecule has 3 heterocycles. The number of hydrogen-bond acceptors (Lipinski definition) is 4. The molecule has 1 aromatic carbocycles. The van der Waals surface area contributed by atoms with Crippen LogP contribution in [0.2, 0.25) is 0 Å². The minimum absolute atomic E-state index is 0.0692. The zero-order valence-electron chi connectivity index (χ0n) is 22.6. The maximum absolute atomic E-state index is 12.7. The molecule has 0 unspecified atom stereocenters. The minimum Gasteiger partial charge on any atom is -0.494 e. The summed E-state index contributed by atoms with van der Waals surface area (Å²) in [5, 5.41) is 7.21. The number of hydrogen-bond donors (Lipinski definition) is 2. The van der Waals surface area contributed by atoms with E-state index in [-0.39, 0.29) is 18.0 Å². The molecule has 2 atom stereocenters. The van der Waals surface area contributed by atoms with E-state index in [1.165, 1.54) is 37.8 Å². The minimum atomic E-state index is -0.518. The highest BCUT2D eigenvalue weighted by atomic mass is 32.1. The van der Waals surface area contributed by atoms with Gasteiger partial charge in [-0.05, 0) is 61.5 Å². The number of carbonyl (C=O) groups is 1. The average Bonchev–Trinajstić information content (AvgIpc) is 3.53. The van der Waals surface area contributed by atoms with Crippen molar-refractivity contribution >= 4 is 34.6 Å². The molecule has 1 aliphatic carbocycles. The third-order valence-electron chi connectivity index (χ3n) is 7.57. The lowest BCUT2D eigenvalue weighted by Crippen LogP contribution is -2.31. The molecule has 8 heteroatoms. The summed E-state index contributed by atoms with van der Waals surface area (Å²) in [4.78, 5) is 19.5. The van der Waals surface area contributed by atoms with Crippen molar-refractivity contribution in [3.63, 3.8) is 0 Å². The number of thiocarbonyl (C=S) groups is 1. The van der Waals surface area contributed by atoms with Crippen molar-refractivity contribution in [3.05, 3.63) is 72.3 Å². The van der Waals surface area contributed by atoms with Crippen molar-refractivity contribution in [3.8, 4) is 5.75 Å². The Morgan fingerprint density at radius 3 is 2.58 bits per heavy atom. The number of methoxy groups -OCH3 is 1.